The van der Waals surface area contributed by atoms with Gasteiger partial charge in [0.2, 0.25) is 31.9 Å². The molecule has 1 saturated heterocycles. The lowest BCUT2D eigenvalue weighted by Gasteiger charge is -2.29. The van der Waals surface area contributed by atoms with Gasteiger partial charge in [-0.3, -0.25) is 9.59 Å². The van der Waals surface area contributed by atoms with E-state index in [0.717, 1.165) is 11.1 Å². The second kappa shape index (κ2) is 19.9. The van der Waals surface area contributed by atoms with E-state index in [-0.39, 0.29) is 75.6 Å². The number of hydrogen-bond acceptors (Lipinski definition) is 9. The van der Waals surface area contributed by atoms with Crippen molar-refractivity contribution in [2.75, 3.05) is 65.8 Å². The minimum Gasteiger partial charge on any atom is -0.378 e. The second-order valence-corrected chi connectivity index (χ2v) is 16.5. The highest BCUT2D eigenvalue weighted by molar-refractivity contribution is 7.89. The van der Waals surface area contributed by atoms with Crippen LogP contribution < -0.4 is 9.44 Å². The van der Waals surface area contributed by atoms with Crippen LogP contribution in [0, 0.1) is 13.8 Å². The third-order valence-corrected chi connectivity index (χ3v) is 11.9. The van der Waals surface area contributed by atoms with Crippen LogP contribution in [0.15, 0.2) is 119 Å². The highest BCUT2D eigenvalue weighted by Crippen LogP contribution is 2.22. The Labute approximate surface area is 323 Å². The van der Waals surface area contributed by atoms with Gasteiger partial charge in [-0.05, 0) is 49.2 Å². The van der Waals surface area contributed by atoms with Crippen molar-refractivity contribution in [2.24, 2.45) is 0 Å². The van der Waals surface area contributed by atoms with E-state index in [1.54, 1.807) is 84.9 Å². The van der Waals surface area contributed by atoms with Crippen LogP contribution in [-0.2, 0) is 43.8 Å². The predicted octanol–water partition coefficient (Wildman–Crippen LogP) is 3.76. The maximum atomic E-state index is 14.2. The standard InChI is InChI=1S/C40H48N4O9S2/c1-31-13-17-35(18-14-31)54(47,48)41-37(33-9-5-3-6-10-33)39(45)43-21-25-51-26-22-44(24-28-53-30-29-52-27-23-43)40(46)38(34-11-7-4-8-12-34)42-55(49,50)36-19-15-32(2)16-20-36/h3-20,37-38,41-42H,21-30H2,1-2H3. The first-order valence-corrected chi connectivity index (χ1v) is 21.0. The molecule has 2 atom stereocenters. The van der Waals surface area contributed by atoms with Gasteiger partial charge < -0.3 is 24.0 Å². The fourth-order valence-electron chi connectivity index (χ4n) is 5.85. The SMILES string of the molecule is Cc1ccc(S(=O)(=O)NC(C(=O)N2CCOCCOCCN(C(=O)C(NS(=O)(=O)c3ccc(C)cc3)c3ccccc3)CCOCC2)c2ccccc2)cc1. The molecule has 0 aliphatic carbocycles. The van der Waals surface area contributed by atoms with E-state index in [1.165, 1.54) is 34.1 Å². The quantitative estimate of drug-likeness (QED) is 0.244. The van der Waals surface area contributed by atoms with Crippen LogP contribution in [0.3, 0.4) is 0 Å². The number of rotatable bonds is 10. The summed E-state index contributed by atoms with van der Waals surface area (Å²) in [5.41, 5.74) is 2.73. The summed E-state index contributed by atoms with van der Waals surface area (Å²) in [6.45, 7) is 5.09. The minimum atomic E-state index is -4.09. The zero-order chi connectivity index (χ0) is 39.3. The molecule has 15 heteroatoms. The molecule has 2 amide bonds. The number of nitrogens with zero attached hydrogens (tertiary/aromatic N) is 2. The smallest absolute Gasteiger partial charge is 0.245 e. The number of carbonyl (C=O) groups excluding carboxylic acids is 2. The molecule has 0 aromatic heterocycles. The van der Waals surface area contributed by atoms with Gasteiger partial charge in [-0.25, -0.2) is 16.8 Å². The minimum absolute atomic E-state index is 0.0344. The number of aryl methyl sites for hydroxylation is 2. The number of amides is 2. The van der Waals surface area contributed by atoms with Gasteiger partial charge in [0, 0.05) is 26.2 Å². The Balaban J connectivity index is 1.31. The van der Waals surface area contributed by atoms with E-state index in [4.69, 9.17) is 14.2 Å². The number of benzene rings is 4. The Hall–Kier alpha value is -4.48. The third-order valence-electron chi connectivity index (χ3n) is 8.99. The maximum absolute atomic E-state index is 14.2. The van der Waals surface area contributed by atoms with E-state index < -0.39 is 43.9 Å². The van der Waals surface area contributed by atoms with Crippen LogP contribution in [-0.4, -0.2) is 104 Å². The van der Waals surface area contributed by atoms with E-state index in [0.29, 0.717) is 11.1 Å². The number of ether oxygens (including phenoxy) is 3. The van der Waals surface area contributed by atoms with Crippen molar-refractivity contribution in [3.8, 4) is 0 Å². The van der Waals surface area contributed by atoms with Crippen molar-refractivity contribution in [1.29, 1.82) is 0 Å². The van der Waals surface area contributed by atoms with E-state index in [2.05, 4.69) is 9.44 Å². The Morgan fingerprint density at radius 3 is 1.13 bits per heavy atom. The summed E-state index contributed by atoms with van der Waals surface area (Å²) in [5.74, 6) is -0.976. The van der Waals surface area contributed by atoms with Crippen LogP contribution in [0.2, 0.25) is 0 Å². The average molecular weight is 793 g/mol. The van der Waals surface area contributed by atoms with Crippen molar-refractivity contribution in [3.63, 3.8) is 0 Å². The first kappa shape index (κ1) is 41.7. The molecule has 5 rings (SSSR count). The summed E-state index contributed by atoms with van der Waals surface area (Å²) in [7, 11) is -8.18. The molecule has 1 aliphatic rings. The molecule has 1 heterocycles. The van der Waals surface area contributed by atoms with Crippen molar-refractivity contribution in [1.82, 2.24) is 19.2 Å². The van der Waals surface area contributed by atoms with Gasteiger partial charge in [0.1, 0.15) is 12.1 Å². The molecule has 2 unspecified atom stereocenters. The zero-order valence-electron chi connectivity index (χ0n) is 31.0. The Morgan fingerprint density at radius 1 is 0.491 bits per heavy atom. The normalized spacial score (nSPS) is 16.7. The van der Waals surface area contributed by atoms with Crippen molar-refractivity contribution in [2.45, 2.75) is 35.7 Å². The average Bonchev–Trinajstić information content (AvgIpc) is 3.19. The topological polar surface area (TPSA) is 161 Å². The fraction of sp³-hybridized carbons (Fsp3) is 0.350. The molecule has 294 valence electrons. The summed E-state index contributed by atoms with van der Waals surface area (Å²) in [6.07, 6.45) is 0. The molecular formula is C40H48N4O9S2. The van der Waals surface area contributed by atoms with Crippen LogP contribution in [0.4, 0.5) is 0 Å². The Kier molecular flexibility index (Phi) is 15.1. The molecule has 0 bridgehead atoms. The monoisotopic (exact) mass is 792 g/mol. The Bertz CT molecular complexity index is 1900. The molecule has 2 N–H and O–H groups in total. The lowest BCUT2D eigenvalue weighted by molar-refractivity contribution is -0.135. The summed E-state index contributed by atoms with van der Waals surface area (Å²) >= 11 is 0. The van der Waals surface area contributed by atoms with Gasteiger partial charge in [-0.2, -0.15) is 9.44 Å². The summed E-state index contributed by atoms with van der Waals surface area (Å²) in [5, 5.41) is 0. The predicted molar refractivity (Wildman–Crippen MR) is 207 cm³/mol. The molecule has 13 nitrogen and oxygen atoms in total. The number of sulfonamides is 2. The van der Waals surface area contributed by atoms with Crippen molar-refractivity contribution < 1.29 is 40.6 Å². The molecule has 0 saturated carbocycles. The van der Waals surface area contributed by atoms with Crippen LogP contribution in [0.5, 0.6) is 0 Å². The molecular weight excluding hydrogens is 745 g/mol. The van der Waals surface area contributed by atoms with Gasteiger partial charge in [0.15, 0.2) is 0 Å². The molecule has 1 fully saturated rings. The molecule has 0 radical (unpaired) electrons. The van der Waals surface area contributed by atoms with E-state index in [1.807, 2.05) is 13.8 Å². The van der Waals surface area contributed by atoms with Gasteiger partial charge in [-0.15, -0.1) is 0 Å². The number of hydrogen-bond donors (Lipinski definition) is 2. The van der Waals surface area contributed by atoms with E-state index in [9.17, 15) is 26.4 Å². The third kappa shape index (κ3) is 12.0. The summed E-state index contributed by atoms with van der Waals surface area (Å²) in [6, 6.07) is 27.5. The van der Waals surface area contributed by atoms with Crippen molar-refractivity contribution >= 4 is 31.9 Å². The first-order valence-electron chi connectivity index (χ1n) is 18.0. The molecule has 0 spiro atoms. The second-order valence-electron chi connectivity index (χ2n) is 13.0. The maximum Gasteiger partial charge on any atom is 0.245 e. The zero-order valence-corrected chi connectivity index (χ0v) is 32.6. The lowest BCUT2D eigenvalue weighted by Crippen LogP contribution is -2.46. The van der Waals surface area contributed by atoms with Gasteiger partial charge in [0.05, 0.1) is 49.4 Å². The van der Waals surface area contributed by atoms with E-state index >= 15 is 0 Å². The largest absolute Gasteiger partial charge is 0.378 e. The van der Waals surface area contributed by atoms with Gasteiger partial charge in [-0.1, -0.05) is 96.1 Å². The lowest BCUT2D eigenvalue weighted by atomic mass is 10.1. The summed E-state index contributed by atoms with van der Waals surface area (Å²) in [4.78, 5) is 31.4. The van der Waals surface area contributed by atoms with Crippen molar-refractivity contribution in [3.05, 3.63) is 131 Å². The highest BCUT2D eigenvalue weighted by atomic mass is 32.2. The fourth-order valence-corrected chi connectivity index (χ4v) is 8.20. The van der Waals surface area contributed by atoms with Gasteiger partial charge >= 0.3 is 0 Å². The molecule has 1 aliphatic heterocycles. The van der Waals surface area contributed by atoms with Crippen LogP contribution in [0.25, 0.3) is 0 Å². The van der Waals surface area contributed by atoms with Crippen LogP contribution in [0.1, 0.15) is 34.3 Å². The molecule has 4 aromatic rings. The van der Waals surface area contributed by atoms with Gasteiger partial charge in [0.25, 0.3) is 0 Å². The van der Waals surface area contributed by atoms with Crippen LogP contribution >= 0.6 is 0 Å². The molecule has 55 heavy (non-hydrogen) atoms. The summed E-state index contributed by atoms with van der Waals surface area (Å²) < 4.78 is 76.7. The number of carbonyl (C=O) groups is 2. The highest BCUT2D eigenvalue weighted by Gasteiger charge is 2.32. The first-order chi connectivity index (χ1) is 26.4. The Morgan fingerprint density at radius 2 is 0.800 bits per heavy atom. The number of nitrogens with one attached hydrogen (secondary N) is 2. The molecule has 4 aromatic carbocycles.